The minimum absolute atomic E-state index is 0.187. The molecule has 3 aliphatic rings. The third-order valence-corrected chi connectivity index (χ3v) is 9.64. The Kier molecular flexibility index (Phi) is 11.6. The van der Waals surface area contributed by atoms with Gasteiger partial charge in [-0.3, -0.25) is 0 Å². The molecule has 1 aromatic carbocycles. The van der Waals surface area contributed by atoms with Crippen LogP contribution in [0.4, 0.5) is 4.39 Å². The molecule has 2 saturated carbocycles. The predicted octanol–water partition coefficient (Wildman–Crippen LogP) is 10.8. The SMILES string of the molecule is CCCCCC1CCC(C=CC2CCC(c3ccc(OCC4C=CC(CCC)CC4)c(F)c3)CC2)CC1. The molecule has 4 rings (SSSR count). The van der Waals surface area contributed by atoms with E-state index < -0.39 is 0 Å². The van der Waals surface area contributed by atoms with Gasteiger partial charge in [-0.05, 0) is 118 Å². The summed E-state index contributed by atoms with van der Waals surface area (Å²) < 4.78 is 20.8. The third-order valence-electron chi connectivity index (χ3n) is 9.64. The van der Waals surface area contributed by atoms with Gasteiger partial charge in [-0.25, -0.2) is 4.39 Å². The van der Waals surface area contributed by atoms with E-state index in [1.165, 1.54) is 96.3 Å². The summed E-state index contributed by atoms with van der Waals surface area (Å²) >= 11 is 0. The van der Waals surface area contributed by atoms with E-state index >= 15 is 0 Å². The lowest BCUT2D eigenvalue weighted by atomic mass is 9.77. The monoisotopic (exact) mass is 508 g/mol. The lowest BCUT2D eigenvalue weighted by Gasteiger charge is -2.29. The number of hydrogen-bond acceptors (Lipinski definition) is 1. The molecule has 3 aliphatic carbocycles. The summed E-state index contributed by atoms with van der Waals surface area (Å²) in [7, 11) is 0. The van der Waals surface area contributed by atoms with Crippen molar-refractivity contribution in [2.24, 2.45) is 29.6 Å². The van der Waals surface area contributed by atoms with Gasteiger partial charge < -0.3 is 4.74 Å². The second kappa shape index (κ2) is 15.1. The number of hydrogen-bond donors (Lipinski definition) is 0. The van der Waals surface area contributed by atoms with Crippen LogP contribution in [-0.2, 0) is 0 Å². The Morgan fingerprint density at radius 1 is 0.757 bits per heavy atom. The van der Waals surface area contributed by atoms with Crippen LogP contribution < -0.4 is 4.74 Å². The van der Waals surface area contributed by atoms with Gasteiger partial charge in [0.1, 0.15) is 0 Å². The molecule has 0 N–H and O–H groups in total. The summed E-state index contributed by atoms with van der Waals surface area (Å²) in [5, 5.41) is 0. The van der Waals surface area contributed by atoms with E-state index in [1.54, 1.807) is 6.07 Å². The molecular formula is C35H53FO. The first-order valence-electron chi connectivity index (χ1n) is 15.9. The topological polar surface area (TPSA) is 9.23 Å². The molecule has 2 fully saturated rings. The molecule has 1 aromatic rings. The van der Waals surface area contributed by atoms with E-state index in [0.717, 1.165) is 29.7 Å². The van der Waals surface area contributed by atoms with Crippen LogP contribution in [0.2, 0.25) is 0 Å². The molecule has 206 valence electrons. The van der Waals surface area contributed by atoms with Crippen LogP contribution in [-0.4, -0.2) is 6.61 Å². The molecule has 1 nitrogen and oxygen atoms in total. The smallest absolute Gasteiger partial charge is 0.165 e. The average Bonchev–Trinajstić information content (AvgIpc) is 2.93. The van der Waals surface area contributed by atoms with Gasteiger partial charge in [0.25, 0.3) is 0 Å². The van der Waals surface area contributed by atoms with Gasteiger partial charge >= 0.3 is 0 Å². The van der Waals surface area contributed by atoms with Gasteiger partial charge in [-0.15, -0.1) is 0 Å². The minimum Gasteiger partial charge on any atom is -0.490 e. The fourth-order valence-corrected chi connectivity index (χ4v) is 7.08. The van der Waals surface area contributed by atoms with Crippen LogP contribution in [0, 0.1) is 35.4 Å². The summed E-state index contributed by atoms with van der Waals surface area (Å²) in [6, 6.07) is 5.75. The van der Waals surface area contributed by atoms with Crippen molar-refractivity contribution >= 4 is 0 Å². The van der Waals surface area contributed by atoms with E-state index in [9.17, 15) is 4.39 Å². The summed E-state index contributed by atoms with van der Waals surface area (Å²) in [4.78, 5) is 0. The number of benzene rings is 1. The molecule has 0 bridgehead atoms. The maximum atomic E-state index is 14.9. The molecular weight excluding hydrogens is 455 g/mol. The van der Waals surface area contributed by atoms with Crippen LogP contribution >= 0.6 is 0 Å². The Bertz CT molecular complexity index is 841. The first-order valence-corrected chi connectivity index (χ1v) is 15.9. The van der Waals surface area contributed by atoms with Crippen LogP contribution in [0.15, 0.2) is 42.5 Å². The number of allylic oxidation sites excluding steroid dienone is 3. The second-order valence-electron chi connectivity index (χ2n) is 12.5. The van der Waals surface area contributed by atoms with Crippen molar-refractivity contribution < 1.29 is 9.13 Å². The van der Waals surface area contributed by atoms with E-state index in [2.05, 4.69) is 44.2 Å². The zero-order valence-electron chi connectivity index (χ0n) is 23.8. The lowest BCUT2D eigenvalue weighted by molar-refractivity contribution is 0.244. The maximum Gasteiger partial charge on any atom is 0.165 e. The molecule has 0 heterocycles. The van der Waals surface area contributed by atoms with Gasteiger partial charge in [0.05, 0.1) is 6.61 Å². The fraction of sp³-hybridized carbons (Fsp3) is 0.714. The van der Waals surface area contributed by atoms with Crippen molar-refractivity contribution in [3.8, 4) is 5.75 Å². The largest absolute Gasteiger partial charge is 0.490 e. The Morgan fingerprint density at radius 2 is 1.43 bits per heavy atom. The van der Waals surface area contributed by atoms with Crippen molar-refractivity contribution in [3.63, 3.8) is 0 Å². The molecule has 2 heteroatoms. The fourth-order valence-electron chi connectivity index (χ4n) is 7.08. The summed E-state index contributed by atoms with van der Waals surface area (Å²) in [5.41, 5.74) is 1.16. The Morgan fingerprint density at radius 3 is 2.05 bits per heavy atom. The van der Waals surface area contributed by atoms with E-state index in [1.807, 2.05) is 6.07 Å². The van der Waals surface area contributed by atoms with Crippen LogP contribution in [0.1, 0.15) is 128 Å². The first-order chi connectivity index (χ1) is 18.1. The second-order valence-corrected chi connectivity index (χ2v) is 12.5. The van der Waals surface area contributed by atoms with E-state index in [0.29, 0.717) is 30.1 Å². The highest BCUT2D eigenvalue weighted by Crippen LogP contribution is 2.39. The quantitative estimate of drug-likeness (QED) is 0.201. The molecule has 0 radical (unpaired) electrons. The number of rotatable bonds is 12. The van der Waals surface area contributed by atoms with E-state index in [4.69, 9.17) is 4.74 Å². The van der Waals surface area contributed by atoms with Gasteiger partial charge in [-0.1, -0.05) is 76.3 Å². The predicted molar refractivity (Wildman–Crippen MR) is 156 cm³/mol. The van der Waals surface area contributed by atoms with Crippen molar-refractivity contribution in [3.05, 3.63) is 53.9 Å². The maximum absolute atomic E-state index is 14.9. The van der Waals surface area contributed by atoms with Gasteiger partial charge in [0.15, 0.2) is 11.6 Å². The number of halogens is 1. The van der Waals surface area contributed by atoms with Crippen molar-refractivity contribution in [1.82, 2.24) is 0 Å². The lowest BCUT2D eigenvalue weighted by Crippen LogP contribution is -2.16. The van der Waals surface area contributed by atoms with Gasteiger partial charge in [-0.2, -0.15) is 0 Å². The van der Waals surface area contributed by atoms with Crippen molar-refractivity contribution in [1.29, 1.82) is 0 Å². The zero-order valence-corrected chi connectivity index (χ0v) is 23.8. The summed E-state index contributed by atoms with van der Waals surface area (Å²) in [5.74, 6) is 4.38. The first kappa shape index (κ1) is 28.4. The molecule has 0 saturated heterocycles. The highest BCUT2D eigenvalue weighted by atomic mass is 19.1. The normalized spacial score (nSPS) is 30.6. The molecule has 2 atom stereocenters. The molecule has 0 spiro atoms. The summed E-state index contributed by atoms with van der Waals surface area (Å²) in [6.45, 7) is 5.14. The average molecular weight is 509 g/mol. The Hall–Kier alpha value is -1.57. The van der Waals surface area contributed by atoms with Crippen molar-refractivity contribution in [2.45, 2.75) is 122 Å². The van der Waals surface area contributed by atoms with Gasteiger partial charge in [0.2, 0.25) is 0 Å². The zero-order chi connectivity index (χ0) is 25.9. The molecule has 0 amide bonds. The third kappa shape index (κ3) is 9.00. The molecule has 0 aliphatic heterocycles. The highest BCUT2D eigenvalue weighted by molar-refractivity contribution is 5.31. The van der Waals surface area contributed by atoms with Crippen LogP contribution in [0.5, 0.6) is 5.75 Å². The summed E-state index contributed by atoms with van der Waals surface area (Å²) in [6.07, 6.45) is 30.8. The number of ether oxygens (including phenoxy) is 1. The molecule has 0 aromatic heterocycles. The molecule has 37 heavy (non-hydrogen) atoms. The standard InChI is InChI=1S/C35H53FO/c1-3-5-6-8-28-9-11-29(12-10-28)13-14-30-19-21-32(22-20-30)33-23-24-35(34(36)25-33)37-26-31-17-15-27(7-4-2)16-18-31/h13-15,17,23-25,27-32H,3-12,16,18-22,26H2,1-2H3. The van der Waals surface area contributed by atoms with Crippen LogP contribution in [0.25, 0.3) is 0 Å². The van der Waals surface area contributed by atoms with Crippen LogP contribution in [0.3, 0.4) is 0 Å². The Balaban J connectivity index is 1.16. The molecule has 2 unspecified atom stereocenters. The highest BCUT2D eigenvalue weighted by Gasteiger charge is 2.24. The number of unbranched alkanes of at least 4 members (excludes halogenated alkanes) is 2. The van der Waals surface area contributed by atoms with Crippen molar-refractivity contribution in [2.75, 3.05) is 6.61 Å². The van der Waals surface area contributed by atoms with E-state index in [-0.39, 0.29) is 5.82 Å². The minimum atomic E-state index is -0.187. The van der Waals surface area contributed by atoms with Gasteiger partial charge in [0, 0.05) is 5.92 Å². The Labute approximate surface area is 227 Å².